The van der Waals surface area contributed by atoms with Gasteiger partial charge < -0.3 is 0 Å². The molecule has 0 aliphatic carbocycles. The van der Waals surface area contributed by atoms with Crippen LogP contribution in [0.25, 0.3) is 109 Å². The van der Waals surface area contributed by atoms with E-state index in [1.807, 2.05) is 6.07 Å². The van der Waals surface area contributed by atoms with Crippen molar-refractivity contribution in [2.24, 2.45) is 0 Å². The highest BCUT2D eigenvalue weighted by molar-refractivity contribution is 7.26. The van der Waals surface area contributed by atoms with Crippen LogP contribution in [0.3, 0.4) is 0 Å². The molecule has 11 aromatic rings. The van der Waals surface area contributed by atoms with Crippen LogP contribution >= 0.6 is 11.3 Å². The number of nitrogens with zero attached hydrogens (tertiary/aromatic N) is 3. The Balaban J connectivity index is 1.13. The Morgan fingerprint density at radius 3 is 1.33 bits per heavy atom. The van der Waals surface area contributed by atoms with Crippen molar-refractivity contribution in [1.29, 1.82) is 0 Å². The first kappa shape index (κ1) is 33.1. The lowest BCUT2D eigenvalue weighted by molar-refractivity contribution is 1.08. The number of thiophene rings is 1. The standard InChI is InChI=1S/C53H33N3S/c1-3-16-34(17-4-1)36-20-13-22-38(32-36)51-54-52(56-53(55-51)46-30-15-29-45-40-24-11-12-31-47(40)57-50(45)46)39-23-14-21-37(33-39)49-43-27-9-7-25-41(43)48(35-18-5-2-6-19-35)42-26-8-10-28-44(42)49/h1-33H. The molecule has 3 nitrogen and oxygen atoms in total. The highest BCUT2D eigenvalue weighted by atomic mass is 32.1. The predicted molar refractivity (Wildman–Crippen MR) is 240 cm³/mol. The van der Waals surface area contributed by atoms with Crippen molar-refractivity contribution in [1.82, 2.24) is 15.0 Å². The van der Waals surface area contributed by atoms with Gasteiger partial charge in [0.05, 0.1) is 0 Å². The average molecular weight is 744 g/mol. The molecule has 0 fully saturated rings. The van der Waals surface area contributed by atoms with E-state index in [0.29, 0.717) is 17.5 Å². The summed E-state index contributed by atoms with van der Waals surface area (Å²) in [5, 5.41) is 7.32. The molecule has 57 heavy (non-hydrogen) atoms. The third-order valence-corrected chi connectivity index (χ3v) is 12.1. The van der Waals surface area contributed by atoms with E-state index < -0.39 is 0 Å². The molecule has 0 atom stereocenters. The molecule has 0 radical (unpaired) electrons. The second kappa shape index (κ2) is 13.8. The topological polar surface area (TPSA) is 38.7 Å². The van der Waals surface area contributed by atoms with Crippen LogP contribution in [0.15, 0.2) is 200 Å². The molecule has 0 saturated carbocycles. The molecule has 0 amide bonds. The van der Waals surface area contributed by atoms with Crippen LogP contribution in [0.2, 0.25) is 0 Å². The summed E-state index contributed by atoms with van der Waals surface area (Å²) >= 11 is 1.79. The maximum atomic E-state index is 5.30. The first-order chi connectivity index (χ1) is 28.3. The van der Waals surface area contributed by atoms with E-state index in [9.17, 15) is 0 Å². The highest BCUT2D eigenvalue weighted by Crippen LogP contribution is 2.45. The minimum atomic E-state index is 0.634. The van der Waals surface area contributed by atoms with Crippen molar-refractivity contribution in [3.05, 3.63) is 200 Å². The second-order valence-corrected chi connectivity index (χ2v) is 15.4. The first-order valence-electron chi connectivity index (χ1n) is 19.2. The number of hydrogen-bond donors (Lipinski definition) is 0. The molecule has 2 heterocycles. The molecule has 0 bridgehead atoms. The lowest BCUT2D eigenvalue weighted by atomic mass is 9.86. The molecule has 4 heteroatoms. The molecule has 0 N–H and O–H groups in total. The molecule has 2 aromatic heterocycles. The van der Waals surface area contributed by atoms with Gasteiger partial charge in [0.1, 0.15) is 0 Å². The van der Waals surface area contributed by atoms with Gasteiger partial charge in [0.25, 0.3) is 0 Å². The number of benzene rings is 9. The van der Waals surface area contributed by atoms with E-state index in [1.54, 1.807) is 11.3 Å². The maximum absolute atomic E-state index is 5.30. The molecular formula is C53H33N3S. The summed E-state index contributed by atoms with van der Waals surface area (Å²) in [5.74, 6) is 1.93. The quantitative estimate of drug-likeness (QED) is 0.159. The summed E-state index contributed by atoms with van der Waals surface area (Å²) < 4.78 is 2.42. The zero-order valence-electron chi connectivity index (χ0n) is 30.8. The largest absolute Gasteiger partial charge is 0.208 e. The Morgan fingerprint density at radius 2 is 0.702 bits per heavy atom. The predicted octanol–water partition coefficient (Wildman–Crippen LogP) is 14.5. The molecule has 0 aliphatic rings. The van der Waals surface area contributed by atoms with Crippen LogP contribution in [0.5, 0.6) is 0 Å². The number of fused-ring (bicyclic) bond motifs is 5. The van der Waals surface area contributed by atoms with Crippen LogP contribution in [0.4, 0.5) is 0 Å². The molecule has 9 aromatic carbocycles. The third kappa shape index (κ3) is 5.78. The maximum Gasteiger partial charge on any atom is 0.165 e. The van der Waals surface area contributed by atoms with Gasteiger partial charge in [-0.1, -0.05) is 176 Å². The Bertz CT molecular complexity index is 3240. The van der Waals surface area contributed by atoms with Crippen LogP contribution < -0.4 is 0 Å². The minimum absolute atomic E-state index is 0.634. The van der Waals surface area contributed by atoms with E-state index in [2.05, 4.69) is 194 Å². The minimum Gasteiger partial charge on any atom is -0.208 e. The van der Waals surface area contributed by atoms with Crippen LogP contribution in [-0.4, -0.2) is 15.0 Å². The highest BCUT2D eigenvalue weighted by Gasteiger charge is 2.20. The van der Waals surface area contributed by atoms with Gasteiger partial charge in [0.15, 0.2) is 17.5 Å². The summed E-state index contributed by atoms with van der Waals surface area (Å²) in [7, 11) is 0. The number of hydrogen-bond acceptors (Lipinski definition) is 4. The van der Waals surface area contributed by atoms with Crippen LogP contribution in [0.1, 0.15) is 0 Å². The van der Waals surface area contributed by atoms with Gasteiger partial charge in [-0.15, -0.1) is 11.3 Å². The van der Waals surface area contributed by atoms with Crippen LogP contribution in [-0.2, 0) is 0 Å². The summed E-state index contributed by atoms with van der Waals surface area (Å²) in [6.07, 6.45) is 0. The lowest BCUT2D eigenvalue weighted by Crippen LogP contribution is -2.00. The zero-order chi connectivity index (χ0) is 37.7. The monoisotopic (exact) mass is 743 g/mol. The summed E-state index contributed by atoms with van der Waals surface area (Å²) in [6, 6.07) is 71.0. The van der Waals surface area contributed by atoms with Gasteiger partial charge in [-0.05, 0) is 79.2 Å². The van der Waals surface area contributed by atoms with Crippen molar-refractivity contribution in [3.8, 4) is 67.5 Å². The average Bonchev–Trinajstić information content (AvgIpc) is 3.68. The molecule has 11 rings (SSSR count). The van der Waals surface area contributed by atoms with Gasteiger partial charge in [0.2, 0.25) is 0 Å². The summed E-state index contributed by atoms with van der Waals surface area (Å²) in [4.78, 5) is 15.8. The molecule has 266 valence electrons. The first-order valence-corrected chi connectivity index (χ1v) is 20.0. The van der Waals surface area contributed by atoms with Crippen molar-refractivity contribution in [3.63, 3.8) is 0 Å². The Morgan fingerprint density at radius 1 is 0.281 bits per heavy atom. The Labute approximate surface area is 334 Å². The van der Waals surface area contributed by atoms with E-state index in [-0.39, 0.29) is 0 Å². The number of rotatable bonds is 6. The van der Waals surface area contributed by atoms with Crippen molar-refractivity contribution >= 4 is 53.1 Å². The molecular weight excluding hydrogens is 711 g/mol. The van der Waals surface area contributed by atoms with E-state index in [4.69, 9.17) is 15.0 Å². The zero-order valence-corrected chi connectivity index (χ0v) is 31.6. The van der Waals surface area contributed by atoms with Gasteiger partial charge >= 0.3 is 0 Å². The smallest absolute Gasteiger partial charge is 0.165 e. The summed E-state index contributed by atoms with van der Waals surface area (Å²) in [6.45, 7) is 0. The van der Waals surface area contributed by atoms with E-state index in [0.717, 1.165) is 33.4 Å². The normalized spacial score (nSPS) is 11.5. The fraction of sp³-hybridized carbons (Fsp3) is 0. The van der Waals surface area contributed by atoms with Crippen molar-refractivity contribution in [2.45, 2.75) is 0 Å². The van der Waals surface area contributed by atoms with E-state index >= 15 is 0 Å². The molecule has 0 aliphatic heterocycles. The SMILES string of the molecule is c1ccc(-c2cccc(-c3nc(-c4cccc(-c5c6ccccc6c(-c6ccccc6)c6ccccc56)c4)nc(-c4cccc5c4sc4ccccc45)n3)c2)cc1. The Hall–Kier alpha value is -7.27. The Kier molecular flexibility index (Phi) is 8.01. The van der Waals surface area contributed by atoms with Gasteiger partial charge in [-0.3, -0.25) is 0 Å². The molecule has 0 saturated heterocycles. The second-order valence-electron chi connectivity index (χ2n) is 14.3. The van der Waals surface area contributed by atoms with E-state index in [1.165, 1.54) is 58.4 Å². The summed E-state index contributed by atoms with van der Waals surface area (Å²) in [5.41, 5.74) is 9.90. The van der Waals surface area contributed by atoms with Crippen LogP contribution in [0, 0.1) is 0 Å². The van der Waals surface area contributed by atoms with Gasteiger partial charge in [-0.2, -0.15) is 0 Å². The molecule has 0 unspecified atom stereocenters. The molecule has 0 spiro atoms. The van der Waals surface area contributed by atoms with Crippen molar-refractivity contribution in [2.75, 3.05) is 0 Å². The fourth-order valence-electron chi connectivity index (χ4n) is 8.32. The number of aromatic nitrogens is 3. The van der Waals surface area contributed by atoms with Gasteiger partial charge in [0, 0.05) is 36.9 Å². The van der Waals surface area contributed by atoms with Gasteiger partial charge in [-0.25, -0.2) is 15.0 Å². The van der Waals surface area contributed by atoms with Crippen molar-refractivity contribution < 1.29 is 0 Å². The fourth-order valence-corrected chi connectivity index (χ4v) is 9.53. The third-order valence-electron chi connectivity index (χ3n) is 10.9. The lowest BCUT2D eigenvalue weighted by Gasteiger charge is -2.18.